The molecule has 15 heavy (non-hydrogen) atoms. The molecule has 3 N–H and O–H groups in total. The second-order valence-electron chi connectivity index (χ2n) is 3.31. The first kappa shape index (κ1) is 12.1. The lowest BCUT2D eigenvalue weighted by molar-refractivity contribution is -0.119. The van der Waals surface area contributed by atoms with Crippen LogP contribution in [-0.4, -0.2) is 24.2 Å². The van der Waals surface area contributed by atoms with Crippen molar-refractivity contribution in [1.29, 1.82) is 0 Å². The molecule has 82 valence electrons. The first-order valence-corrected chi connectivity index (χ1v) is 5.88. The molecule has 0 saturated carbocycles. The van der Waals surface area contributed by atoms with E-state index < -0.39 is 0 Å². The summed E-state index contributed by atoms with van der Waals surface area (Å²) in [5, 5.41) is 2.82. The number of nitrogens with one attached hydrogen (secondary N) is 1. The average molecular weight is 224 g/mol. The molecular formula is C11H16N2OS. The number of benzene rings is 1. The van der Waals surface area contributed by atoms with Crippen molar-refractivity contribution < 1.29 is 4.79 Å². The Hall–Kier alpha value is -1.00. The van der Waals surface area contributed by atoms with Gasteiger partial charge < -0.3 is 11.1 Å². The molecule has 0 aliphatic carbocycles. The van der Waals surface area contributed by atoms with Gasteiger partial charge in [-0.3, -0.25) is 4.79 Å². The summed E-state index contributed by atoms with van der Waals surface area (Å²) < 4.78 is 0. The van der Waals surface area contributed by atoms with Crippen molar-refractivity contribution in [3.8, 4) is 0 Å². The molecule has 1 atom stereocenters. The fourth-order valence-corrected chi connectivity index (χ4v) is 1.77. The van der Waals surface area contributed by atoms with Crippen LogP contribution in [0, 0.1) is 0 Å². The van der Waals surface area contributed by atoms with E-state index in [4.69, 9.17) is 5.73 Å². The highest BCUT2D eigenvalue weighted by Gasteiger charge is 2.05. The van der Waals surface area contributed by atoms with Crippen LogP contribution < -0.4 is 11.1 Å². The normalized spacial score (nSPS) is 12.1. The van der Waals surface area contributed by atoms with Crippen LogP contribution in [0.15, 0.2) is 35.2 Å². The summed E-state index contributed by atoms with van der Waals surface area (Å²) in [5.41, 5.74) is 5.41. The summed E-state index contributed by atoms with van der Waals surface area (Å²) in [6.07, 6.45) is 0. The third-order valence-corrected chi connectivity index (χ3v) is 2.89. The van der Waals surface area contributed by atoms with Crippen LogP contribution >= 0.6 is 11.8 Å². The van der Waals surface area contributed by atoms with E-state index in [-0.39, 0.29) is 11.9 Å². The molecule has 0 saturated heterocycles. The fraction of sp³-hybridized carbons (Fsp3) is 0.364. The van der Waals surface area contributed by atoms with E-state index in [2.05, 4.69) is 5.32 Å². The highest BCUT2D eigenvalue weighted by molar-refractivity contribution is 8.00. The Bertz CT molecular complexity index is 303. The summed E-state index contributed by atoms with van der Waals surface area (Å²) in [4.78, 5) is 12.5. The zero-order valence-corrected chi connectivity index (χ0v) is 9.59. The lowest BCUT2D eigenvalue weighted by atomic mass is 10.3. The van der Waals surface area contributed by atoms with Crippen LogP contribution in [0.1, 0.15) is 6.92 Å². The largest absolute Gasteiger partial charge is 0.352 e. The Morgan fingerprint density at radius 3 is 2.73 bits per heavy atom. The molecule has 0 unspecified atom stereocenters. The van der Waals surface area contributed by atoms with E-state index in [9.17, 15) is 4.79 Å². The van der Waals surface area contributed by atoms with E-state index >= 15 is 0 Å². The summed E-state index contributed by atoms with van der Waals surface area (Å²) in [6, 6.07) is 9.91. The number of carbonyl (C=O) groups excluding carboxylic acids is 1. The Balaban J connectivity index is 2.29. The highest BCUT2D eigenvalue weighted by atomic mass is 32.2. The van der Waals surface area contributed by atoms with Crippen molar-refractivity contribution in [2.75, 3.05) is 12.3 Å². The van der Waals surface area contributed by atoms with Crippen molar-refractivity contribution in [3.05, 3.63) is 30.3 Å². The minimum Gasteiger partial charge on any atom is -0.352 e. The Kier molecular flexibility index (Phi) is 5.21. The molecule has 0 bridgehead atoms. The zero-order chi connectivity index (χ0) is 11.1. The van der Waals surface area contributed by atoms with Crippen LogP contribution in [-0.2, 0) is 4.79 Å². The highest BCUT2D eigenvalue weighted by Crippen LogP contribution is 2.16. The molecule has 0 fully saturated rings. The first-order valence-electron chi connectivity index (χ1n) is 4.89. The van der Waals surface area contributed by atoms with Gasteiger partial charge in [0.05, 0.1) is 5.75 Å². The predicted octanol–water partition coefficient (Wildman–Crippen LogP) is 1.24. The summed E-state index contributed by atoms with van der Waals surface area (Å²) in [5.74, 6) is 0.468. The lowest BCUT2D eigenvalue weighted by Crippen LogP contribution is -2.38. The van der Waals surface area contributed by atoms with Gasteiger partial charge in [-0.25, -0.2) is 0 Å². The minimum absolute atomic E-state index is 0.0294. The molecule has 0 radical (unpaired) electrons. The van der Waals surface area contributed by atoms with E-state index in [1.165, 1.54) is 11.8 Å². The summed E-state index contributed by atoms with van der Waals surface area (Å²) >= 11 is 1.53. The predicted molar refractivity (Wildman–Crippen MR) is 63.8 cm³/mol. The van der Waals surface area contributed by atoms with Crippen LogP contribution in [0.3, 0.4) is 0 Å². The number of carbonyl (C=O) groups is 1. The van der Waals surface area contributed by atoms with E-state index in [0.717, 1.165) is 4.90 Å². The Morgan fingerprint density at radius 1 is 1.47 bits per heavy atom. The SMILES string of the molecule is C[C@H](CN)NC(=O)CSc1ccccc1. The molecule has 1 aromatic carbocycles. The molecule has 1 rings (SSSR count). The number of hydrogen-bond donors (Lipinski definition) is 2. The van der Waals surface area contributed by atoms with E-state index in [0.29, 0.717) is 12.3 Å². The van der Waals surface area contributed by atoms with Crippen molar-refractivity contribution in [2.24, 2.45) is 5.73 Å². The smallest absolute Gasteiger partial charge is 0.230 e. The second kappa shape index (κ2) is 6.48. The summed E-state index contributed by atoms with van der Waals surface area (Å²) in [6.45, 7) is 2.37. The van der Waals surface area contributed by atoms with Crippen molar-refractivity contribution in [2.45, 2.75) is 17.9 Å². The minimum atomic E-state index is 0.0294. The van der Waals surface area contributed by atoms with Gasteiger partial charge >= 0.3 is 0 Å². The maximum atomic E-state index is 11.4. The number of rotatable bonds is 5. The number of amides is 1. The molecule has 1 amide bonds. The van der Waals surface area contributed by atoms with Crippen LogP contribution in [0.4, 0.5) is 0 Å². The molecule has 0 aliphatic rings. The molecule has 0 aliphatic heterocycles. The van der Waals surface area contributed by atoms with Crippen LogP contribution in [0.2, 0.25) is 0 Å². The standard InChI is InChI=1S/C11H16N2OS/c1-9(7-12)13-11(14)8-15-10-5-3-2-4-6-10/h2-6,9H,7-8,12H2,1H3,(H,13,14)/t9-/m1/s1. The van der Waals surface area contributed by atoms with Gasteiger partial charge in [-0.15, -0.1) is 11.8 Å². The third-order valence-electron chi connectivity index (χ3n) is 1.87. The number of nitrogens with two attached hydrogens (primary N) is 1. The Labute approximate surface area is 94.4 Å². The molecule has 4 heteroatoms. The monoisotopic (exact) mass is 224 g/mol. The van der Waals surface area contributed by atoms with Crippen molar-refractivity contribution in [1.82, 2.24) is 5.32 Å². The van der Waals surface area contributed by atoms with Gasteiger partial charge in [0.15, 0.2) is 0 Å². The zero-order valence-electron chi connectivity index (χ0n) is 8.77. The van der Waals surface area contributed by atoms with Gasteiger partial charge in [0.25, 0.3) is 0 Å². The molecule has 1 aromatic rings. The number of hydrogen-bond acceptors (Lipinski definition) is 3. The second-order valence-corrected chi connectivity index (χ2v) is 4.35. The van der Waals surface area contributed by atoms with Crippen LogP contribution in [0.5, 0.6) is 0 Å². The van der Waals surface area contributed by atoms with Gasteiger partial charge in [0.1, 0.15) is 0 Å². The molecule has 3 nitrogen and oxygen atoms in total. The first-order chi connectivity index (χ1) is 7.22. The van der Waals surface area contributed by atoms with Gasteiger partial charge in [0, 0.05) is 17.5 Å². The topological polar surface area (TPSA) is 55.1 Å². The van der Waals surface area contributed by atoms with Crippen molar-refractivity contribution in [3.63, 3.8) is 0 Å². The number of thioether (sulfide) groups is 1. The maximum Gasteiger partial charge on any atom is 0.230 e. The molecule has 0 aromatic heterocycles. The molecular weight excluding hydrogens is 208 g/mol. The van der Waals surface area contributed by atoms with Gasteiger partial charge in [-0.2, -0.15) is 0 Å². The van der Waals surface area contributed by atoms with E-state index in [1.807, 2.05) is 37.3 Å². The third kappa shape index (κ3) is 4.85. The van der Waals surface area contributed by atoms with Gasteiger partial charge in [-0.05, 0) is 19.1 Å². The lowest BCUT2D eigenvalue weighted by Gasteiger charge is -2.10. The maximum absolute atomic E-state index is 11.4. The van der Waals surface area contributed by atoms with Gasteiger partial charge in [0.2, 0.25) is 5.91 Å². The Morgan fingerprint density at radius 2 is 2.13 bits per heavy atom. The van der Waals surface area contributed by atoms with E-state index in [1.54, 1.807) is 0 Å². The van der Waals surface area contributed by atoms with Gasteiger partial charge in [-0.1, -0.05) is 18.2 Å². The van der Waals surface area contributed by atoms with Crippen LogP contribution in [0.25, 0.3) is 0 Å². The average Bonchev–Trinajstić information content (AvgIpc) is 2.27. The fourth-order valence-electron chi connectivity index (χ4n) is 1.04. The van der Waals surface area contributed by atoms with Crippen molar-refractivity contribution >= 4 is 17.7 Å². The molecule has 0 spiro atoms. The quantitative estimate of drug-likeness (QED) is 0.740. The summed E-state index contributed by atoms with van der Waals surface area (Å²) in [7, 11) is 0. The molecule has 0 heterocycles.